The molecule has 2 N–H and O–H groups in total. The second-order valence-electron chi connectivity index (χ2n) is 5.93. The van der Waals surface area contributed by atoms with Crippen LogP contribution in [0.3, 0.4) is 0 Å². The molecule has 1 aromatic rings. The van der Waals surface area contributed by atoms with Crippen LogP contribution in [-0.4, -0.2) is 62.5 Å². The quantitative estimate of drug-likeness (QED) is 0.412. The number of guanidine groups is 1. The zero-order chi connectivity index (χ0) is 15.9. The molecule has 132 valence electrons. The Morgan fingerprint density at radius 2 is 2.26 bits per heavy atom. The number of aliphatic imine (C=N–C) groups is 1. The smallest absolute Gasteiger partial charge is 0.191 e. The molecule has 1 fully saturated rings. The van der Waals surface area contributed by atoms with Gasteiger partial charge in [-0.3, -0.25) is 4.99 Å². The Bertz CT molecular complexity index is 492. The Hall–Kier alpha value is -0.870. The average Bonchev–Trinajstić information content (AvgIpc) is 2.97. The molecule has 0 spiro atoms. The highest BCUT2D eigenvalue weighted by Gasteiger charge is 2.17. The molecular formula is C15H28IN5O2. The number of nitrogens with one attached hydrogen (secondary N) is 2. The van der Waals surface area contributed by atoms with Crippen LogP contribution < -0.4 is 10.6 Å². The monoisotopic (exact) mass is 437 g/mol. The van der Waals surface area contributed by atoms with E-state index in [9.17, 15) is 0 Å². The SMILES string of the molecule is CN=C(NCc1cc(C(C)C)no1)NCC1CN(C)CCO1.I. The third-order valence-electron chi connectivity index (χ3n) is 3.66. The third kappa shape index (κ3) is 6.64. The molecule has 0 amide bonds. The van der Waals surface area contributed by atoms with Crippen molar-refractivity contribution in [3.05, 3.63) is 17.5 Å². The van der Waals surface area contributed by atoms with E-state index in [1.165, 1.54) is 0 Å². The van der Waals surface area contributed by atoms with Crippen molar-refractivity contribution < 1.29 is 9.26 Å². The van der Waals surface area contributed by atoms with E-state index in [0.717, 1.165) is 43.7 Å². The van der Waals surface area contributed by atoms with Gasteiger partial charge in [0.2, 0.25) is 0 Å². The van der Waals surface area contributed by atoms with Gasteiger partial charge < -0.3 is 24.8 Å². The summed E-state index contributed by atoms with van der Waals surface area (Å²) in [5.41, 5.74) is 0.971. The molecule has 1 atom stereocenters. The van der Waals surface area contributed by atoms with Gasteiger partial charge in [0.25, 0.3) is 0 Å². The predicted octanol–water partition coefficient (Wildman–Crippen LogP) is 1.41. The standard InChI is InChI=1S/C15H27N5O2.HI/c1-11(2)14-7-12(22-19-14)8-17-15(16-3)18-9-13-10-20(4)5-6-21-13;/h7,11,13H,5-6,8-10H2,1-4H3,(H2,16,17,18);1H. The summed E-state index contributed by atoms with van der Waals surface area (Å²) in [4.78, 5) is 6.48. The number of hydrogen-bond acceptors (Lipinski definition) is 5. The molecule has 0 aliphatic carbocycles. The lowest BCUT2D eigenvalue weighted by atomic mass is 10.1. The Kier molecular flexibility index (Phi) is 8.85. The predicted molar refractivity (Wildman–Crippen MR) is 101 cm³/mol. The average molecular weight is 437 g/mol. The van der Waals surface area contributed by atoms with Crippen molar-refractivity contribution in [3.8, 4) is 0 Å². The van der Waals surface area contributed by atoms with Gasteiger partial charge in [-0.25, -0.2) is 0 Å². The fraction of sp³-hybridized carbons (Fsp3) is 0.733. The Labute approximate surface area is 155 Å². The number of ether oxygens (including phenoxy) is 1. The minimum atomic E-state index is 0. The third-order valence-corrected chi connectivity index (χ3v) is 3.66. The maximum atomic E-state index is 5.72. The van der Waals surface area contributed by atoms with Gasteiger partial charge in [-0.2, -0.15) is 0 Å². The summed E-state index contributed by atoms with van der Waals surface area (Å²) in [7, 11) is 3.86. The maximum Gasteiger partial charge on any atom is 0.191 e. The first-order valence-electron chi connectivity index (χ1n) is 7.78. The molecule has 1 saturated heterocycles. The van der Waals surface area contributed by atoms with Crippen LogP contribution in [0.4, 0.5) is 0 Å². The molecule has 2 heterocycles. The number of aromatic nitrogens is 1. The molecule has 0 radical (unpaired) electrons. The lowest BCUT2D eigenvalue weighted by molar-refractivity contribution is -0.0161. The van der Waals surface area contributed by atoms with Gasteiger partial charge in [-0.1, -0.05) is 19.0 Å². The van der Waals surface area contributed by atoms with E-state index in [4.69, 9.17) is 9.26 Å². The number of likely N-dealkylation sites (N-methyl/N-ethyl adjacent to an activating group) is 1. The van der Waals surface area contributed by atoms with Crippen molar-refractivity contribution in [1.29, 1.82) is 0 Å². The number of rotatable bonds is 5. The van der Waals surface area contributed by atoms with Crippen molar-refractivity contribution in [2.24, 2.45) is 4.99 Å². The topological polar surface area (TPSA) is 74.9 Å². The van der Waals surface area contributed by atoms with E-state index in [-0.39, 0.29) is 30.1 Å². The fourth-order valence-electron chi connectivity index (χ4n) is 2.28. The first-order valence-corrected chi connectivity index (χ1v) is 7.78. The Morgan fingerprint density at radius 3 is 2.87 bits per heavy atom. The molecule has 7 nitrogen and oxygen atoms in total. The molecule has 0 aromatic carbocycles. The minimum absolute atomic E-state index is 0. The van der Waals surface area contributed by atoms with E-state index in [2.05, 4.69) is 46.6 Å². The first kappa shape index (κ1) is 20.2. The number of morpholine rings is 1. The molecular weight excluding hydrogens is 409 g/mol. The summed E-state index contributed by atoms with van der Waals surface area (Å²) in [6, 6.07) is 1.98. The van der Waals surface area contributed by atoms with Gasteiger partial charge in [-0.05, 0) is 13.0 Å². The van der Waals surface area contributed by atoms with Gasteiger partial charge >= 0.3 is 0 Å². The van der Waals surface area contributed by atoms with Gasteiger partial charge in [0, 0.05) is 32.7 Å². The van der Waals surface area contributed by atoms with Gasteiger partial charge in [0.05, 0.1) is 24.9 Å². The van der Waals surface area contributed by atoms with Gasteiger partial charge in [-0.15, -0.1) is 24.0 Å². The number of halogens is 1. The van der Waals surface area contributed by atoms with Crippen molar-refractivity contribution in [3.63, 3.8) is 0 Å². The molecule has 2 rings (SSSR count). The highest BCUT2D eigenvalue weighted by molar-refractivity contribution is 14.0. The van der Waals surface area contributed by atoms with Crippen LogP contribution in [0.15, 0.2) is 15.6 Å². The second-order valence-corrected chi connectivity index (χ2v) is 5.93. The maximum absolute atomic E-state index is 5.72. The van der Waals surface area contributed by atoms with E-state index in [1.807, 2.05) is 6.07 Å². The zero-order valence-electron chi connectivity index (χ0n) is 14.3. The van der Waals surface area contributed by atoms with E-state index >= 15 is 0 Å². The van der Waals surface area contributed by atoms with Crippen LogP contribution in [0, 0.1) is 0 Å². The molecule has 0 bridgehead atoms. The Morgan fingerprint density at radius 1 is 1.48 bits per heavy atom. The summed E-state index contributed by atoms with van der Waals surface area (Å²) in [5.74, 6) is 1.91. The molecule has 1 aliphatic heterocycles. The van der Waals surface area contributed by atoms with E-state index < -0.39 is 0 Å². The van der Waals surface area contributed by atoms with Gasteiger partial charge in [0.1, 0.15) is 0 Å². The normalized spacial score (nSPS) is 19.5. The number of nitrogens with zero attached hydrogens (tertiary/aromatic N) is 3. The summed E-state index contributed by atoms with van der Waals surface area (Å²) in [6.45, 7) is 8.19. The van der Waals surface area contributed by atoms with Crippen molar-refractivity contribution in [2.75, 3.05) is 40.3 Å². The summed E-state index contributed by atoms with van der Waals surface area (Å²) < 4.78 is 11.0. The van der Waals surface area contributed by atoms with Crippen LogP contribution >= 0.6 is 24.0 Å². The molecule has 8 heteroatoms. The molecule has 1 unspecified atom stereocenters. The molecule has 0 saturated carbocycles. The van der Waals surface area contributed by atoms with E-state index in [0.29, 0.717) is 12.5 Å². The summed E-state index contributed by atoms with van der Waals surface area (Å²) in [5, 5.41) is 10.6. The van der Waals surface area contributed by atoms with Crippen LogP contribution in [0.25, 0.3) is 0 Å². The van der Waals surface area contributed by atoms with Crippen LogP contribution in [0.2, 0.25) is 0 Å². The largest absolute Gasteiger partial charge is 0.374 e. The lowest BCUT2D eigenvalue weighted by Gasteiger charge is -2.30. The van der Waals surface area contributed by atoms with Crippen LogP contribution in [0.1, 0.15) is 31.2 Å². The van der Waals surface area contributed by atoms with Crippen molar-refractivity contribution in [1.82, 2.24) is 20.7 Å². The van der Waals surface area contributed by atoms with Crippen molar-refractivity contribution >= 4 is 29.9 Å². The van der Waals surface area contributed by atoms with Crippen molar-refractivity contribution in [2.45, 2.75) is 32.4 Å². The highest BCUT2D eigenvalue weighted by atomic mass is 127. The second kappa shape index (κ2) is 10.1. The van der Waals surface area contributed by atoms with Gasteiger partial charge in [0.15, 0.2) is 11.7 Å². The highest BCUT2D eigenvalue weighted by Crippen LogP contribution is 2.13. The summed E-state index contributed by atoms with van der Waals surface area (Å²) in [6.07, 6.45) is 0.190. The van der Waals surface area contributed by atoms with Crippen LogP contribution in [0.5, 0.6) is 0 Å². The fourth-order valence-corrected chi connectivity index (χ4v) is 2.28. The number of hydrogen-bond donors (Lipinski definition) is 2. The lowest BCUT2D eigenvalue weighted by Crippen LogP contribution is -2.48. The zero-order valence-corrected chi connectivity index (χ0v) is 16.7. The molecule has 23 heavy (non-hydrogen) atoms. The summed E-state index contributed by atoms with van der Waals surface area (Å²) >= 11 is 0. The Balaban J connectivity index is 0.00000264. The first-order chi connectivity index (χ1) is 10.6. The van der Waals surface area contributed by atoms with Crippen LogP contribution in [-0.2, 0) is 11.3 Å². The van der Waals surface area contributed by atoms with E-state index in [1.54, 1.807) is 7.05 Å². The molecule has 1 aromatic heterocycles. The minimum Gasteiger partial charge on any atom is -0.374 e. The molecule has 1 aliphatic rings.